The summed E-state index contributed by atoms with van der Waals surface area (Å²) in [5, 5.41) is 40.1. The van der Waals surface area contributed by atoms with Crippen LogP contribution in [-0.4, -0.2) is 51.5 Å². The van der Waals surface area contributed by atoms with Crippen LogP contribution in [0.3, 0.4) is 0 Å². The van der Waals surface area contributed by atoms with Gasteiger partial charge < -0.3 is 20.6 Å². The molecule has 0 unspecified atom stereocenters. The van der Waals surface area contributed by atoms with Crippen molar-refractivity contribution >= 4 is 17.7 Å². The molecular weight excluding hydrogens is 280 g/mol. The van der Waals surface area contributed by atoms with Gasteiger partial charge in [0.2, 0.25) is 5.91 Å². The lowest BCUT2D eigenvalue weighted by atomic mass is 10.0. The van der Waals surface area contributed by atoms with Gasteiger partial charge in [-0.05, 0) is 11.6 Å². The van der Waals surface area contributed by atoms with Crippen LogP contribution in [0.15, 0.2) is 30.3 Å². The maximum atomic E-state index is 11.7. The second-order valence-corrected chi connectivity index (χ2v) is 4.43. The van der Waals surface area contributed by atoms with Gasteiger partial charge in [-0.25, -0.2) is 0 Å². The fourth-order valence-corrected chi connectivity index (χ4v) is 1.49. The van der Waals surface area contributed by atoms with E-state index in [1.165, 1.54) is 24.3 Å². The van der Waals surface area contributed by atoms with Gasteiger partial charge in [0.05, 0.1) is 24.7 Å². The molecule has 114 valence electrons. The molecule has 0 atom stereocenters. The van der Waals surface area contributed by atoms with Crippen LogP contribution in [0.1, 0.15) is 5.56 Å². The van der Waals surface area contributed by atoms with E-state index < -0.39 is 36.2 Å². The van der Waals surface area contributed by atoms with Gasteiger partial charge in [-0.2, -0.15) is 0 Å². The lowest BCUT2D eigenvalue weighted by molar-refractivity contribution is -0.384. The Morgan fingerprint density at radius 3 is 2.43 bits per heavy atom. The van der Waals surface area contributed by atoms with Gasteiger partial charge in [0, 0.05) is 18.2 Å². The van der Waals surface area contributed by atoms with Gasteiger partial charge in [0.1, 0.15) is 5.54 Å². The van der Waals surface area contributed by atoms with Crippen molar-refractivity contribution in [3.05, 3.63) is 46.0 Å². The number of aliphatic hydroxyl groups is 3. The van der Waals surface area contributed by atoms with E-state index in [0.717, 1.165) is 6.08 Å². The van der Waals surface area contributed by atoms with Crippen LogP contribution >= 0.6 is 0 Å². The first-order valence-electron chi connectivity index (χ1n) is 6.03. The molecule has 0 aliphatic heterocycles. The van der Waals surface area contributed by atoms with Crippen molar-refractivity contribution in [1.82, 2.24) is 5.32 Å². The number of non-ortho nitro benzene ring substituents is 1. The Kier molecular flexibility index (Phi) is 5.97. The average molecular weight is 296 g/mol. The molecule has 0 radical (unpaired) electrons. The van der Waals surface area contributed by atoms with Gasteiger partial charge in [-0.15, -0.1) is 0 Å². The largest absolute Gasteiger partial charge is 0.394 e. The molecular formula is C13H16N2O6. The molecule has 0 fully saturated rings. The molecule has 21 heavy (non-hydrogen) atoms. The molecule has 0 aliphatic carbocycles. The number of benzene rings is 1. The molecule has 0 spiro atoms. The van der Waals surface area contributed by atoms with E-state index in [0.29, 0.717) is 5.56 Å². The molecule has 0 aromatic heterocycles. The van der Waals surface area contributed by atoms with Crippen LogP contribution in [-0.2, 0) is 4.79 Å². The van der Waals surface area contributed by atoms with E-state index in [1.807, 2.05) is 0 Å². The van der Waals surface area contributed by atoms with E-state index in [4.69, 9.17) is 15.3 Å². The Labute approximate surface area is 120 Å². The Bertz CT molecular complexity index is 531. The van der Waals surface area contributed by atoms with Crippen LogP contribution in [0.25, 0.3) is 6.08 Å². The summed E-state index contributed by atoms with van der Waals surface area (Å²) in [6.45, 7) is -1.89. The summed E-state index contributed by atoms with van der Waals surface area (Å²) in [6.07, 6.45) is 2.44. The van der Waals surface area contributed by atoms with Crippen molar-refractivity contribution in [3.63, 3.8) is 0 Å². The summed E-state index contributed by atoms with van der Waals surface area (Å²) in [6, 6.07) is 5.68. The monoisotopic (exact) mass is 296 g/mol. The average Bonchev–Trinajstić information content (AvgIpc) is 2.51. The highest BCUT2D eigenvalue weighted by Crippen LogP contribution is 2.14. The standard InChI is InChI=1S/C13H16N2O6/c16-7-13(8-17,9-18)14-12(19)5-4-10-2-1-3-11(6-10)15(20)21/h1-6,16-18H,7-9H2,(H,14,19)/b5-4+. The van der Waals surface area contributed by atoms with Crippen molar-refractivity contribution in [3.8, 4) is 0 Å². The van der Waals surface area contributed by atoms with Crippen molar-refractivity contribution in [2.45, 2.75) is 5.54 Å². The quantitative estimate of drug-likeness (QED) is 0.303. The van der Waals surface area contributed by atoms with Crippen LogP contribution in [0.5, 0.6) is 0 Å². The minimum absolute atomic E-state index is 0.104. The molecule has 0 saturated carbocycles. The van der Waals surface area contributed by atoms with Crippen molar-refractivity contribution in [2.75, 3.05) is 19.8 Å². The summed E-state index contributed by atoms with van der Waals surface area (Å²) >= 11 is 0. The highest BCUT2D eigenvalue weighted by Gasteiger charge is 2.29. The Morgan fingerprint density at radius 2 is 1.90 bits per heavy atom. The number of carbonyl (C=O) groups excluding carboxylic acids is 1. The molecule has 8 heteroatoms. The Morgan fingerprint density at radius 1 is 1.29 bits per heavy atom. The number of amides is 1. The van der Waals surface area contributed by atoms with E-state index in [9.17, 15) is 14.9 Å². The number of nitro benzene ring substituents is 1. The van der Waals surface area contributed by atoms with Crippen molar-refractivity contribution < 1.29 is 25.0 Å². The third kappa shape index (κ3) is 4.63. The van der Waals surface area contributed by atoms with Gasteiger partial charge in [0.25, 0.3) is 5.69 Å². The highest BCUT2D eigenvalue weighted by molar-refractivity contribution is 5.92. The first kappa shape index (κ1) is 16.8. The third-order valence-electron chi connectivity index (χ3n) is 2.80. The maximum Gasteiger partial charge on any atom is 0.270 e. The minimum atomic E-state index is -1.51. The van der Waals surface area contributed by atoms with Gasteiger partial charge in [-0.3, -0.25) is 14.9 Å². The zero-order valence-electron chi connectivity index (χ0n) is 11.1. The highest BCUT2D eigenvalue weighted by atomic mass is 16.6. The van der Waals surface area contributed by atoms with E-state index >= 15 is 0 Å². The van der Waals surface area contributed by atoms with E-state index in [-0.39, 0.29) is 5.69 Å². The Balaban J connectivity index is 2.78. The number of carbonyl (C=O) groups is 1. The molecule has 4 N–H and O–H groups in total. The van der Waals surface area contributed by atoms with Crippen LogP contribution in [0.2, 0.25) is 0 Å². The van der Waals surface area contributed by atoms with Gasteiger partial charge in [-0.1, -0.05) is 12.1 Å². The number of hydrogen-bond acceptors (Lipinski definition) is 6. The van der Waals surface area contributed by atoms with Crippen LogP contribution in [0, 0.1) is 10.1 Å². The number of nitrogens with one attached hydrogen (secondary N) is 1. The lowest BCUT2D eigenvalue weighted by Gasteiger charge is -2.27. The van der Waals surface area contributed by atoms with Crippen molar-refractivity contribution in [1.29, 1.82) is 0 Å². The Hall–Kier alpha value is -2.29. The number of hydrogen-bond donors (Lipinski definition) is 4. The first-order valence-corrected chi connectivity index (χ1v) is 6.03. The number of nitro groups is 1. The summed E-state index contributed by atoms with van der Waals surface area (Å²) < 4.78 is 0. The molecule has 1 amide bonds. The topological polar surface area (TPSA) is 133 Å². The summed E-state index contributed by atoms with van der Waals surface area (Å²) in [5.74, 6) is -0.654. The molecule has 1 aromatic rings. The summed E-state index contributed by atoms with van der Waals surface area (Å²) in [4.78, 5) is 21.7. The van der Waals surface area contributed by atoms with Crippen LogP contribution < -0.4 is 5.32 Å². The van der Waals surface area contributed by atoms with Crippen LogP contribution in [0.4, 0.5) is 5.69 Å². The molecule has 0 bridgehead atoms. The predicted molar refractivity (Wildman–Crippen MR) is 74.3 cm³/mol. The zero-order chi connectivity index (χ0) is 15.9. The summed E-state index contributed by atoms with van der Waals surface area (Å²) in [7, 11) is 0. The fourth-order valence-electron chi connectivity index (χ4n) is 1.49. The predicted octanol–water partition coefficient (Wildman–Crippen LogP) is -0.560. The molecule has 0 heterocycles. The smallest absolute Gasteiger partial charge is 0.270 e. The molecule has 0 saturated heterocycles. The molecule has 0 aliphatic rings. The molecule has 1 aromatic carbocycles. The number of aliphatic hydroxyl groups excluding tert-OH is 3. The minimum Gasteiger partial charge on any atom is -0.394 e. The molecule has 8 nitrogen and oxygen atoms in total. The van der Waals surface area contributed by atoms with E-state index in [2.05, 4.69) is 5.32 Å². The fraction of sp³-hybridized carbons (Fsp3) is 0.308. The van der Waals surface area contributed by atoms with Gasteiger partial charge >= 0.3 is 0 Å². The second kappa shape index (κ2) is 7.48. The lowest BCUT2D eigenvalue weighted by Crippen LogP contribution is -2.56. The first-order chi connectivity index (χ1) is 9.96. The molecule has 1 rings (SSSR count). The normalized spacial score (nSPS) is 11.6. The third-order valence-corrected chi connectivity index (χ3v) is 2.80. The van der Waals surface area contributed by atoms with Crippen molar-refractivity contribution in [2.24, 2.45) is 0 Å². The zero-order valence-corrected chi connectivity index (χ0v) is 11.1. The van der Waals surface area contributed by atoms with Gasteiger partial charge in [0.15, 0.2) is 0 Å². The number of nitrogens with zero attached hydrogens (tertiary/aromatic N) is 1. The maximum absolute atomic E-state index is 11.7. The second-order valence-electron chi connectivity index (χ2n) is 4.43. The number of rotatable bonds is 7. The summed E-state index contributed by atoms with van der Waals surface area (Å²) in [5.41, 5.74) is -1.17. The SMILES string of the molecule is O=C(/C=C/c1cccc([N+](=O)[O-])c1)NC(CO)(CO)CO. The van der Waals surface area contributed by atoms with E-state index in [1.54, 1.807) is 6.07 Å².